The number of nitrogens with zero attached hydrogens (tertiary/aromatic N) is 3. The molecular weight excluding hydrogens is 619 g/mol. The van der Waals surface area contributed by atoms with Crippen molar-refractivity contribution in [1.29, 1.82) is 0 Å². The maximum atomic E-state index is 15.9. The normalized spacial score (nSPS) is 17.6. The van der Waals surface area contributed by atoms with Crippen molar-refractivity contribution in [3.8, 4) is 5.88 Å². The van der Waals surface area contributed by atoms with Crippen molar-refractivity contribution >= 4 is 21.6 Å². The Kier molecular flexibility index (Phi) is 7.69. The Morgan fingerprint density at radius 1 is 0.833 bits per heavy atom. The van der Waals surface area contributed by atoms with Crippen molar-refractivity contribution in [1.82, 2.24) is 14.5 Å². The molecule has 0 saturated carbocycles. The molecule has 2 N–H and O–H groups in total. The number of ether oxygens (including phenoxy) is 1. The van der Waals surface area contributed by atoms with Crippen LogP contribution in [0.15, 0.2) is 106 Å². The van der Waals surface area contributed by atoms with Crippen LogP contribution in [0.2, 0.25) is 0 Å². The Balaban J connectivity index is 1.34. The first kappa shape index (κ1) is 30.6. The molecule has 1 aliphatic heterocycles. The summed E-state index contributed by atoms with van der Waals surface area (Å²) < 4.78 is 31.9. The van der Waals surface area contributed by atoms with Gasteiger partial charge in [-0.05, 0) is 96.9 Å². The smallest absolute Gasteiger partial charge is 0.354 e. The van der Waals surface area contributed by atoms with Gasteiger partial charge in [-0.2, -0.15) is 5.10 Å². The molecule has 1 aromatic heterocycles. The van der Waals surface area contributed by atoms with Gasteiger partial charge in [0, 0.05) is 5.69 Å². The fourth-order valence-corrected chi connectivity index (χ4v) is 9.85. The first-order valence-electron chi connectivity index (χ1n) is 16.8. The summed E-state index contributed by atoms with van der Waals surface area (Å²) in [5, 5.41) is 7.71. The zero-order chi connectivity index (χ0) is 32.9. The van der Waals surface area contributed by atoms with E-state index in [9.17, 15) is 4.79 Å². The molecule has 244 valence electrons. The number of hydrogen-bond donors (Lipinski definition) is 2. The fourth-order valence-electron chi connectivity index (χ4n) is 7.97. The van der Waals surface area contributed by atoms with Crippen molar-refractivity contribution < 1.29 is 13.7 Å². The highest BCUT2D eigenvalue weighted by atomic mass is 32.2. The van der Waals surface area contributed by atoms with E-state index in [1.807, 2.05) is 97.9 Å². The molecule has 2 heterocycles. The summed E-state index contributed by atoms with van der Waals surface area (Å²) in [6.45, 7) is 4.68. The molecule has 8 rings (SSSR count). The van der Waals surface area contributed by atoms with Gasteiger partial charge in [0.1, 0.15) is 16.5 Å². The van der Waals surface area contributed by atoms with Crippen molar-refractivity contribution in [3.05, 3.63) is 142 Å². The van der Waals surface area contributed by atoms with Gasteiger partial charge in [-0.15, -0.1) is 4.36 Å². The topological polar surface area (TPSA) is 97.6 Å². The second kappa shape index (κ2) is 12.1. The second-order valence-electron chi connectivity index (χ2n) is 13.0. The van der Waals surface area contributed by atoms with Crippen molar-refractivity contribution in [2.24, 2.45) is 4.36 Å². The molecule has 0 fully saturated rings. The standard InChI is InChI=1S/C39H39N5O3S/c1-26-25-44-37(47-26)35(24-40-44)48(46,42-38(45)41-36-33-22-12-20-31(33)27(2)32-21-13-23-34(32)36)43-39(28-14-6-3-7-15-28,29-16-8-4-9-17-29)30-18-10-5-11-19-30/h3-11,14-19,24,26H,12-13,20-23,25H2,1-2H3,(H2,41,42,43,45,46)/t26-,48?/m1/s1. The Morgan fingerprint density at radius 2 is 1.33 bits per heavy atom. The number of aromatic nitrogens is 2. The quantitative estimate of drug-likeness (QED) is 0.177. The van der Waals surface area contributed by atoms with E-state index in [2.05, 4.69) is 26.4 Å². The highest BCUT2D eigenvalue weighted by Gasteiger charge is 2.42. The number of carbonyl (C=O) groups excluding carboxylic acids is 1. The lowest BCUT2D eigenvalue weighted by atomic mass is 9.78. The van der Waals surface area contributed by atoms with Crippen molar-refractivity contribution in [3.63, 3.8) is 0 Å². The minimum Gasteiger partial charge on any atom is -0.472 e. The Morgan fingerprint density at radius 3 is 1.85 bits per heavy atom. The lowest BCUT2D eigenvalue weighted by Crippen LogP contribution is -2.48. The Hall–Kier alpha value is -4.73. The number of carbonyl (C=O) groups is 1. The minimum atomic E-state index is -3.78. The molecule has 0 bridgehead atoms. The van der Waals surface area contributed by atoms with E-state index in [0.717, 1.165) is 60.9 Å². The summed E-state index contributed by atoms with van der Waals surface area (Å²) in [4.78, 5) is 14.5. The van der Waals surface area contributed by atoms with Crippen LogP contribution in [-0.2, 0) is 47.7 Å². The van der Waals surface area contributed by atoms with E-state index in [1.54, 1.807) is 4.68 Å². The van der Waals surface area contributed by atoms with Crippen LogP contribution in [0.4, 0.5) is 10.5 Å². The molecule has 0 spiro atoms. The lowest BCUT2D eigenvalue weighted by molar-refractivity contribution is 0.248. The van der Waals surface area contributed by atoms with Gasteiger partial charge in [0.25, 0.3) is 0 Å². The Bertz CT molecular complexity index is 2010. The molecule has 2 aliphatic carbocycles. The summed E-state index contributed by atoms with van der Waals surface area (Å²) >= 11 is 0. The number of fused-ring (bicyclic) bond motifs is 3. The average molecular weight is 658 g/mol. The van der Waals surface area contributed by atoms with Crippen LogP contribution in [0.25, 0.3) is 0 Å². The number of rotatable bonds is 7. The molecule has 3 aliphatic rings. The van der Waals surface area contributed by atoms with Crippen LogP contribution in [-0.4, -0.2) is 26.1 Å². The molecule has 2 atom stereocenters. The summed E-state index contributed by atoms with van der Waals surface area (Å²) in [6.07, 6.45) is 7.33. The largest absolute Gasteiger partial charge is 0.472 e. The minimum absolute atomic E-state index is 0.162. The van der Waals surface area contributed by atoms with E-state index < -0.39 is 21.5 Å². The monoisotopic (exact) mass is 657 g/mol. The number of anilines is 1. The summed E-state index contributed by atoms with van der Waals surface area (Å²) in [6, 6.07) is 29.0. The van der Waals surface area contributed by atoms with Crippen LogP contribution in [0.1, 0.15) is 64.3 Å². The molecule has 8 nitrogen and oxygen atoms in total. The van der Waals surface area contributed by atoms with Gasteiger partial charge in [-0.1, -0.05) is 91.0 Å². The van der Waals surface area contributed by atoms with E-state index in [1.165, 1.54) is 34.0 Å². The van der Waals surface area contributed by atoms with E-state index >= 15 is 4.21 Å². The first-order chi connectivity index (χ1) is 23.4. The predicted molar refractivity (Wildman–Crippen MR) is 188 cm³/mol. The molecule has 4 aromatic carbocycles. The maximum Gasteiger partial charge on any atom is 0.354 e. The van der Waals surface area contributed by atoms with Crippen LogP contribution in [0.5, 0.6) is 5.88 Å². The van der Waals surface area contributed by atoms with E-state index in [4.69, 9.17) is 4.74 Å². The van der Waals surface area contributed by atoms with Crippen LogP contribution < -0.4 is 14.8 Å². The number of amides is 2. The van der Waals surface area contributed by atoms with Gasteiger partial charge in [0.05, 0.1) is 12.7 Å². The van der Waals surface area contributed by atoms with Gasteiger partial charge in [0.2, 0.25) is 5.88 Å². The predicted octanol–water partition coefficient (Wildman–Crippen LogP) is 7.51. The molecule has 48 heavy (non-hydrogen) atoms. The highest BCUT2D eigenvalue weighted by Crippen LogP contribution is 2.43. The third kappa shape index (κ3) is 5.04. The van der Waals surface area contributed by atoms with Crippen LogP contribution >= 0.6 is 0 Å². The van der Waals surface area contributed by atoms with Gasteiger partial charge in [-0.3, -0.25) is 0 Å². The number of benzene rings is 4. The van der Waals surface area contributed by atoms with Gasteiger partial charge < -0.3 is 10.1 Å². The second-order valence-corrected chi connectivity index (χ2v) is 14.9. The summed E-state index contributed by atoms with van der Waals surface area (Å²) in [5.74, 6) is 0.358. The maximum absolute atomic E-state index is 15.9. The number of nitrogens with one attached hydrogen (secondary N) is 2. The molecule has 5 aromatic rings. The van der Waals surface area contributed by atoms with Crippen LogP contribution in [0, 0.1) is 6.92 Å². The summed E-state index contributed by atoms with van der Waals surface area (Å²) in [7, 11) is -3.78. The van der Waals surface area contributed by atoms with E-state index in [-0.39, 0.29) is 11.0 Å². The molecule has 0 radical (unpaired) electrons. The van der Waals surface area contributed by atoms with Crippen molar-refractivity contribution in [2.45, 2.75) is 75.5 Å². The number of urea groups is 1. The van der Waals surface area contributed by atoms with Gasteiger partial charge >= 0.3 is 6.03 Å². The SMILES string of the molecule is Cc1c2c(c(NC(=O)N=S(=O)(NC(c3ccccc3)(c3ccccc3)c3ccccc3)c3cnn4c3O[C@H](C)C4)c3c1CCC3)CCC2. The molecule has 1 unspecified atom stereocenters. The molecule has 0 saturated heterocycles. The Labute approximate surface area is 281 Å². The average Bonchev–Trinajstić information content (AvgIpc) is 3.92. The zero-order valence-electron chi connectivity index (χ0n) is 27.2. The third-order valence-corrected chi connectivity index (χ3v) is 12.0. The van der Waals surface area contributed by atoms with Gasteiger partial charge in [-0.25, -0.2) is 18.4 Å². The molecule has 9 heteroatoms. The van der Waals surface area contributed by atoms with Gasteiger partial charge in [0.15, 0.2) is 9.92 Å². The fraction of sp³-hybridized carbons (Fsp3) is 0.282. The zero-order valence-corrected chi connectivity index (χ0v) is 28.1. The summed E-state index contributed by atoms with van der Waals surface area (Å²) in [5.41, 5.74) is 8.69. The van der Waals surface area contributed by atoms with Crippen LogP contribution in [0.3, 0.4) is 0 Å². The first-order valence-corrected chi connectivity index (χ1v) is 18.3. The lowest BCUT2D eigenvalue weighted by Gasteiger charge is -2.37. The van der Waals surface area contributed by atoms with E-state index in [0.29, 0.717) is 12.4 Å². The highest BCUT2D eigenvalue weighted by molar-refractivity contribution is 7.92. The molecule has 2 amide bonds. The number of hydrogen-bond acceptors (Lipinski definition) is 4. The third-order valence-electron chi connectivity index (χ3n) is 10.1. The van der Waals surface area contributed by atoms with Crippen molar-refractivity contribution in [2.75, 3.05) is 5.32 Å². The molecular formula is C39H39N5O3S.